The van der Waals surface area contributed by atoms with Gasteiger partial charge in [-0.15, -0.1) is 0 Å². The number of rotatable bonds is 7. The van der Waals surface area contributed by atoms with Gasteiger partial charge in [-0.1, -0.05) is 12.1 Å². The molecular formula is C26H27F7N2O2. The Balaban J connectivity index is 1.57. The summed E-state index contributed by atoms with van der Waals surface area (Å²) in [5, 5.41) is 6.30. The second-order valence-electron chi connectivity index (χ2n) is 9.63. The standard InChI is InChI=1S/C26H27F7N2O2/c1-14(16-10-17(25(28,29)30)12-18(11-16)26(31,32)33)37-22-8-7-21(34-13-20-6-9-23(36)35-20)24(22)15-2-4-19(27)5-3-15/h2-5,10-12,14,20-22,24,34H,6-9,13H2,1H3,(H,35,36)/t14-,20+,21-,22+,24+/m1/s1. The monoisotopic (exact) mass is 532 g/mol. The molecule has 0 unspecified atom stereocenters. The van der Waals surface area contributed by atoms with Crippen molar-refractivity contribution in [1.82, 2.24) is 10.6 Å². The summed E-state index contributed by atoms with van der Waals surface area (Å²) in [7, 11) is 0. The fourth-order valence-corrected chi connectivity index (χ4v) is 5.15. The highest BCUT2D eigenvalue weighted by Crippen LogP contribution is 2.42. The number of hydrogen-bond acceptors (Lipinski definition) is 3. The Morgan fingerprint density at radius 3 is 2.14 bits per heavy atom. The van der Waals surface area contributed by atoms with Crippen LogP contribution in [0.3, 0.4) is 0 Å². The van der Waals surface area contributed by atoms with E-state index in [0.29, 0.717) is 44.4 Å². The third kappa shape index (κ3) is 6.62. The van der Waals surface area contributed by atoms with Crippen molar-refractivity contribution < 1.29 is 40.3 Å². The van der Waals surface area contributed by atoms with Gasteiger partial charge in [0.05, 0.1) is 23.3 Å². The number of amides is 1. The van der Waals surface area contributed by atoms with Crippen molar-refractivity contribution in [1.29, 1.82) is 0 Å². The minimum atomic E-state index is -4.95. The first-order chi connectivity index (χ1) is 17.3. The number of ether oxygens (including phenoxy) is 1. The zero-order valence-corrected chi connectivity index (χ0v) is 19.9. The molecule has 1 saturated carbocycles. The fourth-order valence-electron chi connectivity index (χ4n) is 5.15. The zero-order chi connectivity index (χ0) is 27.0. The maximum Gasteiger partial charge on any atom is 0.416 e. The van der Waals surface area contributed by atoms with Crippen molar-refractivity contribution in [2.75, 3.05) is 6.54 Å². The maximum absolute atomic E-state index is 13.6. The van der Waals surface area contributed by atoms with Crippen LogP contribution in [0.4, 0.5) is 30.7 Å². The first-order valence-corrected chi connectivity index (χ1v) is 12.0. The van der Waals surface area contributed by atoms with Crippen molar-refractivity contribution in [2.24, 2.45) is 0 Å². The average molecular weight is 533 g/mol. The van der Waals surface area contributed by atoms with Crippen molar-refractivity contribution in [3.05, 3.63) is 70.5 Å². The van der Waals surface area contributed by atoms with Crippen molar-refractivity contribution >= 4 is 5.91 Å². The molecule has 1 aliphatic carbocycles. The maximum atomic E-state index is 13.6. The minimum absolute atomic E-state index is 0.0253. The van der Waals surface area contributed by atoms with Crippen molar-refractivity contribution in [2.45, 2.75) is 75.2 Å². The molecule has 11 heteroatoms. The summed E-state index contributed by atoms with van der Waals surface area (Å²) in [5.41, 5.74) is -2.28. The van der Waals surface area contributed by atoms with E-state index >= 15 is 0 Å². The minimum Gasteiger partial charge on any atom is -0.370 e. The highest BCUT2D eigenvalue weighted by atomic mass is 19.4. The Morgan fingerprint density at radius 2 is 1.59 bits per heavy atom. The molecule has 37 heavy (non-hydrogen) atoms. The van der Waals surface area contributed by atoms with E-state index in [4.69, 9.17) is 4.74 Å². The van der Waals surface area contributed by atoms with Gasteiger partial charge < -0.3 is 15.4 Å². The lowest BCUT2D eigenvalue weighted by Gasteiger charge is -2.29. The average Bonchev–Trinajstić information content (AvgIpc) is 3.42. The highest BCUT2D eigenvalue weighted by Gasteiger charge is 2.41. The van der Waals surface area contributed by atoms with E-state index in [1.54, 1.807) is 12.1 Å². The molecule has 0 bridgehead atoms. The smallest absolute Gasteiger partial charge is 0.370 e. The van der Waals surface area contributed by atoms with Gasteiger partial charge in [-0.2, -0.15) is 26.3 Å². The molecule has 4 nitrogen and oxygen atoms in total. The largest absolute Gasteiger partial charge is 0.416 e. The molecule has 5 atom stereocenters. The third-order valence-corrected chi connectivity index (χ3v) is 7.02. The fraction of sp³-hybridized carbons (Fsp3) is 0.500. The Labute approximate surface area is 209 Å². The number of halogens is 7. The molecule has 2 aliphatic rings. The quantitative estimate of drug-likeness (QED) is 0.423. The number of hydrogen-bond donors (Lipinski definition) is 2. The lowest BCUT2D eigenvalue weighted by atomic mass is 9.91. The molecule has 2 fully saturated rings. The zero-order valence-electron chi connectivity index (χ0n) is 19.9. The van der Waals surface area contributed by atoms with Crippen LogP contribution in [0.15, 0.2) is 42.5 Å². The van der Waals surface area contributed by atoms with E-state index in [2.05, 4.69) is 10.6 Å². The summed E-state index contributed by atoms with van der Waals surface area (Å²) < 4.78 is 99.7. The topological polar surface area (TPSA) is 50.4 Å². The Bertz CT molecular complexity index is 1070. The van der Waals surface area contributed by atoms with Crippen molar-refractivity contribution in [3.63, 3.8) is 0 Å². The summed E-state index contributed by atoms with van der Waals surface area (Å²) >= 11 is 0. The van der Waals surface area contributed by atoms with E-state index in [1.165, 1.54) is 19.1 Å². The SMILES string of the molecule is C[C@@H](O[C@H]1CC[C@@H](NC[C@@H]2CCC(=O)N2)[C@@H]1c1ccc(F)cc1)c1cc(C(F)(F)F)cc(C(F)(F)F)c1. The van der Waals surface area contributed by atoms with Crippen LogP contribution < -0.4 is 10.6 Å². The third-order valence-electron chi connectivity index (χ3n) is 7.02. The van der Waals surface area contributed by atoms with Gasteiger partial charge in [0.2, 0.25) is 5.91 Å². The van der Waals surface area contributed by atoms with E-state index in [9.17, 15) is 35.5 Å². The summed E-state index contributed by atoms with van der Waals surface area (Å²) in [5.74, 6) is -0.787. The highest BCUT2D eigenvalue weighted by molar-refractivity contribution is 5.78. The first kappa shape index (κ1) is 27.4. The number of carbonyl (C=O) groups excluding carboxylic acids is 1. The molecule has 202 valence electrons. The van der Waals surface area contributed by atoms with Crippen LogP contribution in [0.25, 0.3) is 0 Å². The predicted molar refractivity (Wildman–Crippen MR) is 121 cm³/mol. The van der Waals surface area contributed by atoms with Crippen LogP contribution in [0.1, 0.15) is 66.9 Å². The number of carbonyl (C=O) groups is 1. The Kier molecular flexibility index (Phi) is 7.85. The lowest BCUT2D eigenvalue weighted by Crippen LogP contribution is -2.42. The molecule has 2 N–H and O–H groups in total. The van der Waals surface area contributed by atoms with Gasteiger partial charge >= 0.3 is 12.4 Å². The van der Waals surface area contributed by atoms with Crippen LogP contribution in [0.2, 0.25) is 0 Å². The number of nitrogens with one attached hydrogen (secondary N) is 2. The van der Waals surface area contributed by atoms with Crippen LogP contribution in [-0.4, -0.2) is 30.6 Å². The number of alkyl halides is 6. The van der Waals surface area contributed by atoms with E-state index < -0.39 is 41.5 Å². The van der Waals surface area contributed by atoms with Crippen LogP contribution in [0.5, 0.6) is 0 Å². The van der Waals surface area contributed by atoms with Gasteiger partial charge in [0.15, 0.2) is 0 Å². The molecule has 2 aromatic rings. The normalized spacial score (nSPS) is 25.4. The summed E-state index contributed by atoms with van der Waals surface area (Å²) in [6.45, 7) is 1.92. The second kappa shape index (κ2) is 10.6. The Hall–Kier alpha value is -2.66. The van der Waals surface area contributed by atoms with Crippen molar-refractivity contribution in [3.8, 4) is 0 Å². The Morgan fingerprint density at radius 1 is 0.973 bits per heavy atom. The van der Waals surface area contributed by atoms with Gasteiger partial charge in [-0.25, -0.2) is 4.39 Å². The second-order valence-corrected chi connectivity index (χ2v) is 9.63. The van der Waals surface area contributed by atoms with Crippen LogP contribution >= 0.6 is 0 Å². The molecule has 1 heterocycles. The first-order valence-electron chi connectivity index (χ1n) is 12.0. The number of benzene rings is 2. The molecule has 0 aromatic heterocycles. The van der Waals surface area contributed by atoms with Gasteiger partial charge in [-0.05, 0) is 67.6 Å². The molecule has 4 rings (SSSR count). The van der Waals surface area contributed by atoms with Gasteiger partial charge in [0.25, 0.3) is 0 Å². The van der Waals surface area contributed by atoms with E-state index in [-0.39, 0.29) is 35.5 Å². The molecule has 0 radical (unpaired) electrons. The predicted octanol–water partition coefficient (Wildman–Crippen LogP) is 6.12. The molecule has 1 amide bonds. The van der Waals surface area contributed by atoms with Gasteiger partial charge in [0, 0.05) is 31.0 Å². The summed E-state index contributed by atoms with van der Waals surface area (Å²) in [6, 6.07) is 7.07. The molecule has 2 aromatic carbocycles. The summed E-state index contributed by atoms with van der Waals surface area (Å²) in [6.07, 6.45) is -9.27. The molecule has 1 saturated heterocycles. The van der Waals surface area contributed by atoms with E-state index in [1.807, 2.05) is 0 Å². The molecule has 1 aliphatic heterocycles. The molecule has 0 spiro atoms. The van der Waals surface area contributed by atoms with Gasteiger partial charge in [-0.3, -0.25) is 4.79 Å². The van der Waals surface area contributed by atoms with E-state index in [0.717, 1.165) is 5.56 Å². The lowest BCUT2D eigenvalue weighted by molar-refractivity contribution is -0.143. The summed E-state index contributed by atoms with van der Waals surface area (Å²) in [4.78, 5) is 11.5. The van der Waals surface area contributed by atoms with Crippen LogP contribution in [-0.2, 0) is 21.9 Å². The van der Waals surface area contributed by atoms with Crippen LogP contribution in [0, 0.1) is 5.82 Å². The van der Waals surface area contributed by atoms with Gasteiger partial charge in [0.1, 0.15) is 5.82 Å². The molecular weight excluding hydrogens is 505 g/mol.